The molecule has 0 spiro atoms. The molecule has 0 saturated heterocycles. The van der Waals surface area contributed by atoms with Crippen molar-refractivity contribution in [3.63, 3.8) is 0 Å². The lowest BCUT2D eigenvalue weighted by Gasteiger charge is -2.12. The number of phenolic OH excluding ortho intramolecular Hbond substituents is 1. The molecule has 15 heavy (non-hydrogen) atoms. The SMILES string of the molecule is O=C(O)C1(Cc2c(O)cccc2Cl)CC1. The fourth-order valence-electron chi connectivity index (χ4n) is 1.68. The van der Waals surface area contributed by atoms with Gasteiger partial charge in [0, 0.05) is 10.6 Å². The molecule has 4 heteroatoms. The van der Waals surface area contributed by atoms with Crippen LogP contribution in [0.25, 0.3) is 0 Å². The van der Waals surface area contributed by atoms with E-state index in [4.69, 9.17) is 16.7 Å². The molecule has 0 heterocycles. The van der Waals surface area contributed by atoms with E-state index in [-0.39, 0.29) is 5.75 Å². The van der Waals surface area contributed by atoms with Gasteiger partial charge in [0.2, 0.25) is 0 Å². The van der Waals surface area contributed by atoms with Crippen molar-refractivity contribution in [2.75, 3.05) is 0 Å². The van der Waals surface area contributed by atoms with Crippen molar-refractivity contribution < 1.29 is 15.0 Å². The molecule has 1 fully saturated rings. The van der Waals surface area contributed by atoms with E-state index in [0.29, 0.717) is 29.8 Å². The van der Waals surface area contributed by atoms with Crippen LogP contribution < -0.4 is 0 Å². The molecule has 2 rings (SSSR count). The number of hydrogen-bond donors (Lipinski definition) is 2. The minimum absolute atomic E-state index is 0.0787. The smallest absolute Gasteiger partial charge is 0.309 e. The largest absolute Gasteiger partial charge is 0.508 e. The highest BCUT2D eigenvalue weighted by Crippen LogP contribution is 2.50. The predicted molar refractivity (Wildman–Crippen MR) is 56.1 cm³/mol. The first kappa shape index (κ1) is 10.3. The maximum absolute atomic E-state index is 11.0. The normalized spacial score (nSPS) is 17.4. The van der Waals surface area contributed by atoms with E-state index in [1.165, 1.54) is 6.07 Å². The quantitative estimate of drug-likeness (QED) is 0.833. The number of aromatic hydroxyl groups is 1. The molecule has 1 aromatic carbocycles. The Bertz CT molecular complexity index is 390. The Balaban J connectivity index is 2.29. The molecular formula is C11H11ClO3. The van der Waals surface area contributed by atoms with Gasteiger partial charge in [0.15, 0.2) is 0 Å². The van der Waals surface area contributed by atoms with Crippen molar-refractivity contribution in [2.45, 2.75) is 19.3 Å². The van der Waals surface area contributed by atoms with Crippen LogP contribution in [0, 0.1) is 5.41 Å². The molecule has 0 aromatic heterocycles. The molecule has 0 bridgehead atoms. The van der Waals surface area contributed by atoms with Crippen molar-refractivity contribution >= 4 is 17.6 Å². The van der Waals surface area contributed by atoms with E-state index in [9.17, 15) is 9.90 Å². The van der Waals surface area contributed by atoms with Gasteiger partial charge in [-0.3, -0.25) is 4.79 Å². The Labute approximate surface area is 92.3 Å². The van der Waals surface area contributed by atoms with Gasteiger partial charge in [0.25, 0.3) is 0 Å². The number of aliphatic carboxylic acids is 1. The van der Waals surface area contributed by atoms with Gasteiger partial charge in [0.1, 0.15) is 5.75 Å². The van der Waals surface area contributed by atoms with Gasteiger partial charge in [-0.25, -0.2) is 0 Å². The third kappa shape index (κ3) is 1.79. The highest BCUT2D eigenvalue weighted by atomic mass is 35.5. The number of phenols is 1. The predicted octanol–water partition coefficient (Wildman–Crippen LogP) is 2.45. The van der Waals surface area contributed by atoms with Crippen LogP contribution in [0.4, 0.5) is 0 Å². The first-order valence-electron chi connectivity index (χ1n) is 4.75. The van der Waals surface area contributed by atoms with Crippen molar-refractivity contribution in [3.8, 4) is 5.75 Å². The average Bonchev–Trinajstić information content (AvgIpc) is 2.93. The highest BCUT2D eigenvalue weighted by Gasteiger charge is 2.50. The van der Waals surface area contributed by atoms with Crippen molar-refractivity contribution in [1.29, 1.82) is 0 Å². The molecule has 80 valence electrons. The standard InChI is InChI=1S/C11H11ClO3/c12-8-2-1-3-9(13)7(8)6-11(4-5-11)10(14)15/h1-3,13H,4-6H2,(H,14,15). The summed E-state index contributed by atoms with van der Waals surface area (Å²) in [4.78, 5) is 11.0. The number of carbonyl (C=O) groups is 1. The molecular weight excluding hydrogens is 216 g/mol. The zero-order valence-corrected chi connectivity index (χ0v) is 8.79. The number of carboxylic acids is 1. The third-order valence-electron chi connectivity index (χ3n) is 2.92. The molecule has 0 aliphatic heterocycles. The Morgan fingerprint density at radius 2 is 2.13 bits per heavy atom. The van der Waals surface area contributed by atoms with Crippen LogP contribution in [-0.4, -0.2) is 16.2 Å². The second-order valence-corrected chi connectivity index (χ2v) is 4.41. The lowest BCUT2D eigenvalue weighted by Crippen LogP contribution is -2.17. The number of hydrogen-bond acceptors (Lipinski definition) is 2. The van der Waals surface area contributed by atoms with Gasteiger partial charge in [-0.05, 0) is 31.4 Å². The minimum Gasteiger partial charge on any atom is -0.508 e. The number of halogens is 1. The third-order valence-corrected chi connectivity index (χ3v) is 3.27. The van der Waals surface area contributed by atoms with Gasteiger partial charge < -0.3 is 10.2 Å². The van der Waals surface area contributed by atoms with Crippen LogP contribution >= 0.6 is 11.6 Å². The summed E-state index contributed by atoms with van der Waals surface area (Å²) in [5.74, 6) is -0.725. The number of benzene rings is 1. The average molecular weight is 227 g/mol. The summed E-state index contributed by atoms with van der Waals surface area (Å²) in [5.41, 5.74) is -0.151. The van der Waals surface area contributed by atoms with E-state index in [2.05, 4.69) is 0 Å². The summed E-state index contributed by atoms with van der Waals surface area (Å²) in [7, 11) is 0. The lowest BCUT2D eigenvalue weighted by molar-refractivity contribution is -0.143. The van der Waals surface area contributed by atoms with E-state index in [1.54, 1.807) is 12.1 Å². The molecule has 0 amide bonds. The van der Waals surface area contributed by atoms with E-state index < -0.39 is 11.4 Å². The highest BCUT2D eigenvalue weighted by molar-refractivity contribution is 6.31. The molecule has 1 aliphatic carbocycles. The van der Waals surface area contributed by atoms with E-state index >= 15 is 0 Å². The monoisotopic (exact) mass is 226 g/mol. The Hall–Kier alpha value is -1.22. The molecule has 3 nitrogen and oxygen atoms in total. The molecule has 0 unspecified atom stereocenters. The second kappa shape index (κ2) is 3.42. The van der Waals surface area contributed by atoms with Crippen LogP contribution in [0.15, 0.2) is 18.2 Å². The van der Waals surface area contributed by atoms with Crippen molar-refractivity contribution in [1.82, 2.24) is 0 Å². The van der Waals surface area contributed by atoms with Crippen molar-refractivity contribution in [3.05, 3.63) is 28.8 Å². The summed E-state index contributed by atoms with van der Waals surface area (Å²) in [6, 6.07) is 4.83. The summed E-state index contributed by atoms with van der Waals surface area (Å²) in [5, 5.41) is 19.0. The minimum atomic E-state index is -0.804. The van der Waals surface area contributed by atoms with Gasteiger partial charge in [-0.15, -0.1) is 0 Å². The summed E-state index contributed by atoms with van der Waals surface area (Å²) in [6.07, 6.45) is 1.63. The summed E-state index contributed by atoms with van der Waals surface area (Å²) >= 11 is 5.92. The number of rotatable bonds is 3. The van der Waals surface area contributed by atoms with Crippen LogP contribution in [0.5, 0.6) is 5.75 Å². The summed E-state index contributed by atoms with van der Waals surface area (Å²) in [6.45, 7) is 0. The van der Waals surface area contributed by atoms with Crippen molar-refractivity contribution in [2.24, 2.45) is 5.41 Å². The van der Waals surface area contributed by atoms with Crippen LogP contribution in [0.1, 0.15) is 18.4 Å². The van der Waals surface area contributed by atoms with Crippen LogP contribution in [-0.2, 0) is 11.2 Å². The maximum Gasteiger partial charge on any atom is 0.309 e. The zero-order valence-electron chi connectivity index (χ0n) is 8.03. The molecule has 1 aliphatic rings. The maximum atomic E-state index is 11.0. The lowest BCUT2D eigenvalue weighted by atomic mass is 9.96. The molecule has 0 atom stereocenters. The number of carboxylic acid groups (broad SMARTS) is 1. The molecule has 1 saturated carbocycles. The fourth-order valence-corrected chi connectivity index (χ4v) is 1.91. The fraction of sp³-hybridized carbons (Fsp3) is 0.364. The van der Waals surface area contributed by atoms with E-state index in [1.807, 2.05) is 0 Å². The molecule has 1 aromatic rings. The van der Waals surface area contributed by atoms with Crippen LogP contribution in [0.2, 0.25) is 5.02 Å². The van der Waals surface area contributed by atoms with Gasteiger partial charge >= 0.3 is 5.97 Å². The van der Waals surface area contributed by atoms with Crippen LogP contribution in [0.3, 0.4) is 0 Å². The second-order valence-electron chi connectivity index (χ2n) is 4.00. The zero-order chi connectivity index (χ0) is 11.1. The van der Waals surface area contributed by atoms with Gasteiger partial charge in [-0.1, -0.05) is 17.7 Å². The first-order chi connectivity index (χ1) is 7.05. The Kier molecular flexibility index (Phi) is 2.35. The van der Waals surface area contributed by atoms with E-state index in [0.717, 1.165) is 0 Å². The molecule has 0 radical (unpaired) electrons. The Morgan fingerprint density at radius 3 is 2.60 bits per heavy atom. The van der Waals surface area contributed by atoms with Gasteiger partial charge in [-0.2, -0.15) is 0 Å². The molecule has 2 N–H and O–H groups in total. The summed E-state index contributed by atoms with van der Waals surface area (Å²) < 4.78 is 0. The Morgan fingerprint density at radius 1 is 1.47 bits per heavy atom. The van der Waals surface area contributed by atoms with Gasteiger partial charge in [0.05, 0.1) is 5.41 Å². The first-order valence-corrected chi connectivity index (χ1v) is 5.13. The topological polar surface area (TPSA) is 57.5 Å².